The van der Waals surface area contributed by atoms with Gasteiger partial charge >= 0.3 is 0 Å². The van der Waals surface area contributed by atoms with Crippen molar-refractivity contribution in [2.75, 3.05) is 42.8 Å². The third-order valence-corrected chi connectivity index (χ3v) is 5.73. The summed E-state index contributed by atoms with van der Waals surface area (Å²) in [4.78, 5) is 31.7. The van der Waals surface area contributed by atoms with Gasteiger partial charge in [-0.25, -0.2) is 19.9 Å². The van der Waals surface area contributed by atoms with Crippen LogP contribution in [0.4, 0.5) is 11.5 Å². The van der Waals surface area contributed by atoms with Gasteiger partial charge in [-0.15, -0.1) is 0 Å². The van der Waals surface area contributed by atoms with Crippen molar-refractivity contribution >= 4 is 28.0 Å². The lowest BCUT2D eigenvalue weighted by Crippen LogP contribution is -2.37. The second-order valence-electron chi connectivity index (χ2n) is 7.75. The van der Waals surface area contributed by atoms with Gasteiger partial charge in [-0.1, -0.05) is 0 Å². The maximum atomic E-state index is 12.3. The van der Waals surface area contributed by atoms with E-state index in [1.807, 2.05) is 12.1 Å². The highest BCUT2D eigenvalue weighted by molar-refractivity contribution is 8.23. The maximum absolute atomic E-state index is 12.3. The van der Waals surface area contributed by atoms with Crippen molar-refractivity contribution in [3.63, 3.8) is 0 Å². The van der Waals surface area contributed by atoms with Gasteiger partial charge in [0.2, 0.25) is 5.91 Å². The number of anilines is 2. The molecule has 0 radical (unpaired) electrons. The molecule has 0 atom stereocenters. The van der Waals surface area contributed by atoms with E-state index in [2.05, 4.69) is 25.2 Å². The molecule has 1 fully saturated rings. The van der Waals surface area contributed by atoms with Crippen molar-refractivity contribution in [1.82, 2.24) is 19.9 Å². The topological polar surface area (TPSA) is 134 Å². The van der Waals surface area contributed by atoms with Crippen LogP contribution in [0.2, 0.25) is 0 Å². The van der Waals surface area contributed by atoms with Crippen LogP contribution >= 0.6 is 10.6 Å². The van der Waals surface area contributed by atoms with Crippen LogP contribution < -0.4 is 10.2 Å². The summed E-state index contributed by atoms with van der Waals surface area (Å²) in [5, 5.41) is 2.83. The number of carbonyl (C=O) groups is 1. The fourth-order valence-corrected chi connectivity index (χ4v) is 4.10. The van der Waals surface area contributed by atoms with Gasteiger partial charge in [0.25, 0.3) is 0 Å². The van der Waals surface area contributed by atoms with Crippen molar-refractivity contribution in [2.45, 2.75) is 12.2 Å². The Balaban J connectivity index is 1.53. The molecular formula is C22H26N6O4S. The molecule has 0 saturated carbocycles. The van der Waals surface area contributed by atoms with E-state index in [1.165, 1.54) is 6.26 Å². The first-order chi connectivity index (χ1) is 15.9. The molecule has 3 N–H and O–H groups in total. The Hall–Kier alpha value is -3.12. The van der Waals surface area contributed by atoms with E-state index in [9.17, 15) is 13.9 Å². The number of hydrogen-bond donors (Lipinski definition) is 3. The number of ether oxygens (including phenoxy) is 1. The number of carbonyl (C=O) groups excluding carboxylic acids is 1. The first kappa shape index (κ1) is 23.1. The smallest absolute Gasteiger partial charge is 0.232 e. The molecule has 4 rings (SSSR count). The van der Waals surface area contributed by atoms with Crippen LogP contribution in [0, 0.1) is 0 Å². The number of nitrogens with zero attached hydrogens (tertiary/aromatic N) is 5. The van der Waals surface area contributed by atoms with Gasteiger partial charge in [0.1, 0.15) is 11.6 Å². The second kappa shape index (κ2) is 10.2. The number of morpholine rings is 1. The molecule has 2 aromatic heterocycles. The van der Waals surface area contributed by atoms with E-state index >= 15 is 0 Å². The summed E-state index contributed by atoms with van der Waals surface area (Å²) >= 11 is 0. The average molecular weight is 471 g/mol. The van der Waals surface area contributed by atoms with Gasteiger partial charge in [-0.05, 0) is 30.3 Å². The zero-order valence-electron chi connectivity index (χ0n) is 18.2. The molecule has 0 unspecified atom stereocenters. The highest BCUT2D eigenvalue weighted by Crippen LogP contribution is 2.38. The predicted molar refractivity (Wildman–Crippen MR) is 127 cm³/mol. The van der Waals surface area contributed by atoms with Crippen molar-refractivity contribution in [3.05, 3.63) is 60.3 Å². The Morgan fingerprint density at radius 1 is 1.12 bits per heavy atom. The molecule has 11 heteroatoms. The van der Waals surface area contributed by atoms with Gasteiger partial charge in [-0.2, -0.15) is 10.6 Å². The fourth-order valence-electron chi connectivity index (χ4n) is 3.39. The van der Waals surface area contributed by atoms with Crippen molar-refractivity contribution < 1.29 is 18.6 Å². The second-order valence-corrected chi connectivity index (χ2v) is 10.0. The molecule has 33 heavy (non-hydrogen) atoms. The van der Waals surface area contributed by atoms with E-state index < -0.39 is 10.6 Å². The quantitative estimate of drug-likeness (QED) is 0.476. The standard InChI is InChI=1S/C22H26N6O4S/c1-33(30,31)15-18-13-20(28-9-11-32-12-10-28)27-22(26-18)16-3-5-17(6-4-16)25-21(29)14-19-23-7-2-8-24-19/h2-8,13,30-31H,9-12,14-15H2,1H3,(H,25,29). The number of amides is 1. The van der Waals surface area contributed by atoms with Crippen LogP contribution in [-0.2, 0) is 21.7 Å². The highest BCUT2D eigenvalue weighted by atomic mass is 32.3. The fraction of sp³-hybridized carbons (Fsp3) is 0.318. The molecule has 1 aromatic carbocycles. The summed E-state index contributed by atoms with van der Waals surface area (Å²) in [5.74, 6) is 1.50. The van der Waals surface area contributed by atoms with E-state index in [-0.39, 0.29) is 18.1 Å². The number of nitrogens with one attached hydrogen (secondary N) is 1. The zero-order chi connectivity index (χ0) is 23.3. The summed E-state index contributed by atoms with van der Waals surface area (Å²) in [6, 6.07) is 10.7. The van der Waals surface area contributed by atoms with Crippen molar-refractivity contribution in [3.8, 4) is 11.4 Å². The Labute approximate surface area is 193 Å². The molecule has 3 aromatic rings. The summed E-state index contributed by atoms with van der Waals surface area (Å²) in [5.41, 5.74) is 1.94. The summed E-state index contributed by atoms with van der Waals surface area (Å²) < 4.78 is 25.3. The minimum absolute atomic E-state index is 0.0511. The Bertz CT molecular complexity index is 1090. The van der Waals surface area contributed by atoms with E-state index in [0.29, 0.717) is 49.3 Å². The van der Waals surface area contributed by atoms with Crippen LogP contribution in [0.25, 0.3) is 11.4 Å². The van der Waals surface area contributed by atoms with Crippen molar-refractivity contribution in [1.29, 1.82) is 0 Å². The molecule has 10 nitrogen and oxygen atoms in total. The first-order valence-electron chi connectivity index (χ1n) is 10.4. The summed E-state index contributed by atoms with van der Waals surface area (Å²) in [6.07, 6.45) is 4.68. The normalized spacial score (nSPS) is 14.7. The number of rotatable bonds is 7. The number of hydrogen-bond acceptors (Lipinski definition) is 9. The Morgan fingerprint density at radius 2 is 1.82 bits per heavy atom. The van der Waals surface area contributed by atoms with Gasteiger partial charge in [0, 0.05) is 49.1 Å². The number of benzene rings is 1. The highest BCUT2D eigenvalue weighted by Gasteiger charge is 2.18. The van der Waals surface area contributed by atoms with E-state index in [0.717, 1.165) is 11.4 Å². The minimum Gasteiger partial charge on any atom is -0.378 e. The molecule has 3 heterocycles. The monoisotopic (exact) mass is 470 g/mol. The Kier molecular flexibility index (Phi) is 7.14. The SMILES string of the molecule is CS(O)(O)Cc1cc(N2CCOCC2)nc(-c2ccc(NC(=O)Cc3ncccn3)cc2)n1. The molecule has 1 aliphatic rings. The van der Waals surface area contributed by atoms with Crippen LogP contribution in [0.1, 0.15) is 11.5 Å². The molecule has 0 bridgehead atoms. The summed E-state index contributed by atoms with van der Waals surface area (Å²) in [7, 11) is -2.76. The van der Waals surface area contributed by atoms with Gasteiger partial charge in [-0.3, -0.25) is 13.9 Å². The summed E-state index contributed by atoms with van der Waals surface area (Å²) in [6.45, 7) is 2.63. The molecule has 1 amide bonds. The Morgan fingerprint density at radius 3 is 2.48 bits per heavy atom. The molecule has 0 spiro atoms. The lowest BCUT2D eigenvalue weighted by atomic mass is 10.2. The van der Waals surface area contributed by atoms with E-state index in [1.54, 1.807) is 36.7 Å². The molecule has 174 valence electrons. The van der Waals surface area contributed by atoms with Crippen LogP contribution in [0.3, 0.4) is 0 Å². The average Bonchev–Trinajstić information content (AvgIpc) is 2.79. The van der Waals surface area contributed by atoms with Crippen molar-refractivity contribution in [2.24, 2.45) is 0 Å². The molecule has 0 aliphatic carbocycles. The van der Waals surface area contributed by atoms with Crippen LogP contribution in [0.15, 0.2) is 48.8 Å². The van der Waals surface area contributed by atoms with Gasteiger partial charge in [0.05, 0.1) is 31.1 Å². The lowest BCUT2D eigenvalue weighted by Gasteiger charge is -2.30. The minimum atomic E-state index is -2.76. The third-order valence-electron chi connectivity index (χ3n) is 4.89. The lowest BCUT2D eigenvalue weighted by molar-refractivity contribution is -0.115. The third kappa shape index (κ3) is 6.68. The predicted octanol–water partition coefficient (Wildman–Crippen LogP) is 2.83. The molecule has 1 saturated heterocycles. The zero-order valence-corrected chi connectivity index (χ0v) is 19.0. The largest absolute Gasteiger partial charge is 0.378 e. The molecular weight excluding hydrogens is 444 g/mol. The van der Waals surface area contributed by atoms with Crippen LogP contribution in [0.5, 0.6) is 0 Å². The van der Waals surface area contributed by atoms with Crippen LogP contribution in [-0.4, -0.2) is 67.5 Å². The van der Waals surface area contributed by atoms with Gasteiger partial charge in [0.15, 0.2) is 5.82 Å². The first-order valence-corrected chi connectivity index (χ1v) is 12.6. The van der Waals surface area contributed by atoms with E-state index in [4.69, 9.17) is 9.72 Å². The maximum Gasteiger partial charge on any atom is 0.232 e. The molecule has 1 aliphatic heterocycles. The van der Waals surface area contributed by atoms with Gasteiger partial charge < -0.3 is 15.0 Å². The number of aromatic nitrogens is 4.